The number of fused-ring (bicyclic) bond motifs is 1. The fourth-order valence-electron chi connectivity index (χ4n) is 3.96. The van der Waals surface area contributed by atoms with E-state index in [1.165, 1.54) is 0 Å². The molecule has 1 heterocycles. The molecule has 0 aromatic rings. The number of hydrogen-bond acceptors (Lipinski definition) is 3. The van der Waals surface area contributed by atoms with Crippen LogP contribution in [0.4, 0.5) is 0 Å². The van der Waals surface area contributed by atoms with Crippen molar-refractivity contribution in [3.63, 3.8) is 0 Å². The van der Waals surface area contributed by atoms with Gasteiger partial charge in [-0.3, -0.25) is 4.79 Å². The molecule has 3 rings (SSSR count). The highest BCUT2D eigenvalue weighted by atomic mass is 16.2. The third-order valence-electron chi connectivity index (χ3n) is 5.39. The number of likely N-dealkylation sites (tertiary alicyclic amines) is 1. The normalized spacial score (nSPS) is 36.4. The Balaban J connectivity index is 1.77. The fraction of sp³-hybridized carbons (Fsp3) is 0.733. The summed E-state index contributed by atoms with van der Waals surface area (Å²) in [6.07, 6.45) is 7.09. The zero-order valence-electron chi connectivity index (χ0n) is 11.2. The Bertz CT molecular complexity index is 447. The number of nitriles is 1. The van der Waals surface area contributed by atoms with Gasteiger partial charge in [0, 0.05) is 12.0 Å². The Hall–Kier alpha value is -1.34. The second-order valence-electron chi connectivity index (χ2n) is 6.35. The van der Waals surface area contributed by atoms with E-state index < -0.39 is 6.04 Å². The van der Waals surface area contributed by atoms with Crippen LogP contribution in [0.5, 0.6) is 0 Å². The number of carbonyl (C=O) groups excluding carboxylic acids is 1. The molecule has 2 saturated carbocycles. The van der Waals surface area contributed by atoms with Gasteiger partial charge in [-0.1, -0.05) is 18.9 Å². The molecule has 3 aliphatic rings. The van der Waals surface area contributed by atoms with E-state index in [1.54, 1.807) is 4.90 Å². The Morgan fingerprint density at radius 1 is 1.53 bits per heavy atom. The maximum absolute atomic E-state index is 12.6. The molecule has 1 aliphatic heterocycles. The molecule has 4 heteroatoms. The summed E-state index contributed by atoms with van der Waals surface area (Å²) in [5, 5.41) is 9.25. The van der Waals surface area contributed by atoms with Crippen molar-refractivity contribution in [1.82, 2.24) is 4.90 Å². The molecule has 0 radical (unpaired) electrons. The van der Waals surface area contributed by atoms with Crippen LogP contribution in [-0.2, 0) is 4.79 Å². The minimum Gasteiger partial charge on any atom is -0.325 e. The van der Waals surface area contributed by atoms with E-state index in [1.807, 2.05) is 6.08 Å². The summed E-state index contributed by atoms with van der Waals surface area (Å²) in [7, 11) is 0. The van der Waals surface area contributed by atoms with Crippen molar-refractivity contribution in [3.8, 4) is 6.07 Å². The van der Waals surface area contributed by atoms with Crippen LogP contribution >= 0.6 is 0 Å². The van der Waals surface area contributed by atoms with E-state index in [2.05, 4.69) is 12.6 Å². The van der Waals surface area contributed by atoms with E-state index >= 15 is 0 Å². The van der Waals surface area contributed by atoms with E-state index in [0.717, 1.165) is 38.6 Å². The third-order valence-corrected chi connectivity index (χ3v) is 5.39. The van der Waals surface area contributed by atoms with E-state index in [4.69, 9.17) is 5.73 Å². The second-order valence-corrected chi connectivity index (χ2v) is 6.35. The fourth-order valence-corrected chi connectivity index (χ4v) is 3.96. The van der Waals surface area contributed by atoms with Crippen LogP contribution in [0.25, 0.3) is 0 Å². The molecule has 0 aromatic heterocycles. The molecule has 0 aromatic carbocycles. The van der Waals surface area contributed by atoms with Crippen LogP contribution in [0.15, 0.2) is 12.7 Å². The molecule has 1 amide bonds. The first kappa shape index (κ1) is 12.7. The summed E-state index contributed by atoms with van der Waals surface area (Å²) in [6.45, 7) is 4.62. The molecule has 0 bridgehead atoms. The van der Waals surface area contributed by atoms with Gasteiger partial charge in [-0.2, -0.15) is 5.26 Å². The Morgan fingerprint density at radius 2 is 2.21 bits per heavy atom. The molecule has 4 nitrogen and oxygen atoms in total. The first-order valence-electron chi connectivity index (χ1n) is 7.22. The van der Waals surface area contributed by atoms with E-state index in [0.29, 0.717) is 11.8 Å². The Kier molecular flexibility index (Phi) is 2.90. The van der Waals surface area contributed by atoms with Crippen molar-refractivity contribution in [2.45, 2.75) is 44.2 Å². The van der Waals surface area contributed by atoms with Gasteiger partial charge in [-0.05, 0) is 31.1 Å². The zero-order valence-corrected chi connectivity index (χ0v) is 11.2. The van der Waals surface area contributed by atoms with Crippen molar-refractivity contribution in [1.29, 1.82) is 5.26 Å². The van der Waals surface area contributed by atoms with Gasteiger partial charge in [0.2, 0.25) is 5.91 Å². The van der Waals surface area contributed by atoms with Crippen molar-refractivity contribution in [2.75, 3.05) is 6.54 Å². The molecular weight excluding hydrogens is 238 g/mol. The number of piperidine rings is 1. The van der Waals surface area contributed by atoms with Crippen molar-refractivity contribution < 1.29 is 4.79 Å². The molecule has 1 saturated heterocycles. The van der Waals surface area contributed by atoms with Crippen molar-refractivity contribution >= 4 is 5.91 Å². The lowest BCUT2D eigenvalue weighted by Gasteiger charge is -2.35. The number of rotatable bonds is 3. The van der Waals surface area contributed by atoms with Crippen molar-refractivity contribution in [3.05, 3.63) is 12.7 Å². The van der Waals surface area contributed by atoms with Gasteiger partial charge in [-0.15, -0.1) is 6.58 Å². The van der Waals surface area contributed by atoms with Crippen LogP contribution in [0, 0.1) is 28.6 Å². The van der Waals surface area contributed by atoms with Crippen LogP contribution in [0.3, 0.4) is 0 Å². The maximum atomic E-state index is 12.6. The lowest BCUT2D eigenvalue weighted by Crippen LogP contribution is -2.53. The number of amides is 1. The third kappa shape index (κ3) is 1.80. The Labute approximate surface area is 114 Å². The monoisotopic (exact) mass is 259 g/mol. The summed E-state index contributed by atoms with van der Waals surface area (Å²) in [6, 6.07) is 1.52. The lowest BCUT2D eigenvalue weighted by atomic mass is 9.78. The predicted octanol–water partition coefficient (Wildman–Crippen LogP) is 1.43. The SMILES string of the molecule is C=CC1([C@H](N)C(=O)N2CC3C[C@H]3[C@H]2C#N)CCCC1. The predicted molar refractivity (Wildman–Crippen MR) is 71.8 cm³/mol. The van der Waals surface area contributed by atoms with Crippen molar-refractivity contribution in [2.24, 2.45) is 23.0 Å². The summed E-state index contributed by atoms with van der Waals surface area (Å²) in [4.78, 5) is 14.4. The minimum absolute atomic E-state index is 0.0412. The van der Waals surface area contributed by atoms with Gasteiger partial charge in [0.1, 0.15) is 6.04 Å². The zero-order chi connectivity index (χ0) is 13.6. The molecule has 102 valence electrons. The molecule has 4 atom stereocenters. The highest BCUT2D eigenvalue weighted by Gasteiger charge is 2.56. The molecule has 2 aliphatic carbocycles. The molecule has 0 spiro atoms. The lowest BCUT2D eigenvalue weighted by molar-refractivity contribution is -0.135. The standard InChI is InChI=1S/C15H21N3O/c1-2-15(5-3-4-6-15)13(17)14(19)18-9-10-7-11(10)12(18)8-16/h2,10-13H,1,3-7,9,17H2/t10?,11-,12-,13-/m1/s1. The van der Waals surface area contributed by atoms with E-state index in [9.17, 15) is 10.1 Å². The average molecular weight is 259 g/mol. The average Bonchev–Trinajstić information content (AvgIpc) is 2.92. The van der Waals surface area contributed by atoms with Gasteiger partial charge in [-0.25, -0.2) is 0 Å². The van der Waals surface area contributed by atoms with Crippen LogP contribution in [0.2, 0.25) is 0 Å². The first-order chi connectivity index (χ1) is 9.13. The summed E-state index contributed by atoms with van der Waals surface area (Å²) in [5.41, 5.74) is 6.01. The molecular formula is C15H21N3O. The second kappa shape index (κ2) is 4.35. The highest BCUT2D eigenvalue weighted by molar-refractivity contribution is 5.84. The number of nitrogens with zero attached hydrogens (tertiary/aromatic N) is 2. The maximum Gasteiger partial charge on any atom is 0.241 e. The molecule has 3 fully saturated rings. The van der Waals surface area contributed by atoms with Gasteiger partial charge in [0.15, 0.2) is 0 Å². The quantitative estimate of drug-likeness (QED) is 0.779. The summed E-state index contributed by atoms with van der Waals surface area (Å²) >= 11 is 0. The van der Waals surface area contributed by atoms with Crippen LogP contribution in [0.1, 0.15) is 32.1 Å². The number of hydrogen-bond donors (Lipinski definition) is 1. The van der Waals surface area contributed by atoms with Gasteiger partial charge < -0.3 is 10.6 Å². The smallest absolute Gasteiger partial charge is 0.241 e. The summed E-state index contributed by atoms with van der Waals surface area (Å²) in [5.74, 6) is 0.911. The highest BCUT2D eigenvalue weighted by Crippen LogP contribution is 2.50. The minimum atomic E-state index is -0.527. The topological polar surface area (TPSA) is 70.1 Å². The first-order valence-corrected chi connectivity index (χ1v) is 7.22. The Morgan fingerprint density at radius 3 is 2.79 bits per heavy atom. The van der Waals surface area contributed by atoms with Crippen LogP contribution < -0.4 is 5.73 Å². The number of carbonyl (C=O) groups is 1. The number of nitrogens with two attached hydrogens (primary N) is 1. The molecule has 2 N–H and O–H groups in total. The largest absolute Gasteiger partial charge is 0.325 e. The van der Waals surface area contributed by atoms with Gasteiger partial charge in [0.05, 0.1) is 12.1 Å². The van der Waals surface area contributed by atoms with Gasteiger partial charge in [0.25, 0.3) is 0 Å². The molecule has 19 heavy (non-hydrogen) atoms. The molecule has 1 unspecified atom stereocenters. The van der Waals surface area contributed by atoms with E-state index in [-0.39, 0.29) is 17.4 Å². The van der Waals surface area contributed by atoms with Crippen LogP contribution in [-0.4, -0.2) is 29.4 Å². The van der Waals surface area contributed by atoms with Gasteiger partial charge >= 0.3 is 0 Å². The summed E-state index contributed by atoms with van der Waals surface area (Å²) < 4.78 is 0.